The molecule has 0 amide bonds. The smallest absolute Gasteiger partial charge is 0.306 e. The van der Waals surface area contributed by atoms with Gasteiger partial charge >= 0.3 is 13.8 Å². The molecule has 0 N–H and O–H groups in total. The molecular formula is C16H22F3O3P. The van der Waals surface area contributed by atoms with Gasteiger partial charge in [0.15, 0.2) is 0 Å². The predicted molar refractivity (Wildman–Crippen MR) is 82.6 cm³/mol. The minimum Gasteiger partial charge on any atom is -0.306 e. The average molecular weight is 350 g/mol. The summed E-state index contributed by atoms with van der Waals surface area (Å²) >= 11 is 0. The van der Waals surface area contributed by atoms with Crippen LogP contribution in [0.2, 0.25) is 0 Å². The summed E-state index contributed by atoms with van der Waals surface area (Å²) in [6.45, 7) is 7.13. The monoisotopic (exact) mass is 350 g/mol. The Morgan fingerprint density at radius 2 is 1.52 bits per heavy atom. The molecule has 0 aliphatic heterocycles. The van der Waals surface area contributed by atoms with Gasteiger partial charge in [-0.1, -0.05) is 12.1 Å². The van der Waals surface area contributed by atoms with Crippen LogP contribution in [0, 0.1) is 0 Å². The van der Waals surface area contributed by atoms with Gasteiger partial charge in [-0.2, -0.15) is 13.2 Å². The summed E-state index contributed by atoms with van der Waals surface area (Å²) in [6, 6.07) is 5.01. The minimum atomic E-state index is -4.35. The molecule has 1 aliphatic rings. The Bertz CT molecular complexity index is 567. The lowest BCUT2D eigenvalue weighted by molar-refractivity contribution is -0.137. The second kappa shape index (κ2) is 6.58. The highest BCUT2D eigenvalue weighted by molar-refractivity contribution is 7.55. The van der Waals surface area contributed by atoms with E-state index >= 15 is 0 Å². The molecule has 3 nitrogen and oxygen atoms in total. The molecule has 23 heavy (non-hydrogen) atoms. The van der Waals surface area contributed by atoms with E-state index in [0.717, 1.165) is 17.7 Å². The van der Waals surface area contributed by atoms with Crippen LogP contribution < -0.4 is 0 Å². The summed E-state index contributed by atoms with van der Waals surface area (Å²) in [5.74, 6) is -0.0828. The van der Waals surface area contributed by atoms with E-state index in [1.165, 1.54) is 12.1 Å². The molecule has 1 aliphatic carbocycles. The van der Waals surface area contributed by atoms with Crippen molar-refractivity contribution in [1.82, 2.24) is 0 Å². The van der Waals surface area contributed by atoms with Gasteiger partial charge in [-0.3, -0.25) is 4.57 Å². The maximum Gasteiger partial charge on any atom is 0.416 e. The molecule has 0 spiro atoms. The minimum absolute atomic E-state index is 0.0828. The fraction of sp³-hybridized carbons (Fsp3) is 0.625. The standard InChI is InChI=1S/C16H22F3O3P/c1-10(2)21-23(20,22-11(3)4)15-9-14(15)12-5-7-13(8-6-12)16(17,18)19/h5-8,10-11,14-15H,9H2,1-4H3/t14-,15+/m0/s1. The third kappa shape index (κ3) is 4.59. The number of hydrogen-bond donors (Lipinski definition) is 0. The van der Waals surface area contributed by atoms with Gasteiger partial charge in [0.2, 0.25) is 0 Å². The molecule has 0 heterocycles. The van der Waals surface area contributed by atoms with Gasteiger partial charge in [-0.15, -0.1) is 0 Å². The summed E-state index contributed by atoms with van der Waals surface area (Å²) < 4.78 is 61.9. The van der Waals surface area contributed by atoms with Crippen LogP contribution in [0.5, 0.6) is 0 Å². The Morgan fingerprint density at radius 1 is 1.04 bits per heavy atom. The Balaban J connectivity index is 2.14. The van der Waals surface area contributed by atoms with E-state index in [-0.39, 0.29) is 23.8 Å². The van der Waals surface area contributed by atoms with Crippen LogP contribution in [0.3, 0.4) is 0 Å². The molecular weight excluding hydrogens is 328 g/mol. The summed E-state index contributed by atoms with van der Waals surface area (Å²) in [6.07, 6.45) is -4.23. The lowest BCUT2D eigenvalue weighted by Gasteiger charge is -2.23. The molecule has 1 fully saturated rings. The maximum atomic E-state index is 13.0. The predicted octanol–water partition coefficient (Wildman–Crippen LogP) is 5.60. The largest absolute Gasteiger partial charge is 0.416 e. The van der Waals surface area contributed by atoms with Crippen LogP contribution in [-0.4, -0.2) is 17.9 Å². The molecule has 0 unspecified atom stereocenters. The first kappa shape index (κ1) is 18.5. The van der Waals surface area contributed by atoms with E-state index in [1.54, 1.807) is 27.7 Å². The summed E-state index contributed by atoms with van der Waals surface area (Å²) in [4.78, 5) is 0. The Labute approximate surface area is 134 Å². The highest BCUT2D eigenvalue weighted by Crippen LogP contribution is 2.69. The van der Waals surface area contributed by atoms with Crippen molar-refractivity contribution in [3.63, 3.8) is 0 Å². The van der Waals surface area contributed by atoms with Crippen molar-refractivity contribution in [3.05, 3.63) is 35.4 Å². The lowest BCUT2D eigenvalue weighted by atomic mass is 10.1. The zero-order valence-electron chi connectivity index (χ0n) is 13.6. The molecule has 130 valence electrons. The maximum absolute atomic E-state index is 13.0. The second-order valence-electron chi connectivity index (χ2n) is 6.38. The van der Waals surface area contributed by atoms with Crippen molar-refractivity contribution in [1.29, 1.82) is 0 Å². The van der Waals surface area contributed by atoms with E-state index in [1.807, 2.05) is 0 Å². The summed E-state index contributed by atoms with van der Waals surface area (Å²) in [7, 11) is -3.28. The number of alkyl halides is 3. The normalized spacial score (nSPS) is 22.0. The molecule has 1 saturated carbocycles. The van der Waals surface area contributed by atoms with Gasteiger partial charge in [0.05, 0.1) is 23.4 Å². The van der Waals surface area contributed by atoms with Gasteiger partial charge in [0, 0.05) is 0 Å². The van der Waals surface area contributed by atoms with Crippen LogP contribution in [0.25, 0.3) is 0 Å². The molecule has 2 rings (SSSR count). The number of halogens is 3. The van der Waals surface area contributed by atoms with Gasteiger partial charge in [0.25, 0.3) is 0 Å². The Kier molecular flexibility index (Phi) is 5.29. The highest BCUT2D eigenvalue weighted by Gasteiger charge is 2.54. The quantitative estimate of drug-likeness (QED) is 0.626. The van der Waals surface area contributed by atoms with Crippen LogP contribution in [0.15, 0.2) is 24.3 Å². The fourth-order valence-corrected chi connectivity index (χ4v) is 5.21. The molecule has 1 aromatic carbocycles. The zero-order valence-corrected chi connectivity index (χ0v) is 14.5. The fourth-order valence-electron chi connectivity index (χ4n) is 2.58. The van der Waals surface area contributed by atoms with Crippen molar-refractivity contribution in [2.24, 2.45) is 0 Å². The Morgan fingerprint density at radius 3 is 1.91 bits per heavy atom. The van der Waals surface area contributed by atoms with Crippen LogP contribution >= 0.6 is 7.60 Å². The molecule has 0 radical (unpaired) electrons. The van der Waals surface area contributed by atoms with Crippen LogP contribution in [0.4, 0.5) is 13.2 Å². The first-order valence-corrected chi connectivity index (χ1v) is 9.28. The molecule has 0 bridgehead atoms. The average Bonchev–Trinajstić information content (AvgIpc) is 3.16. The van der Waals surface area contributed by atoms with Gasteiger partial charge in [-0.25, -0.2) is 0 Å². The number of benzene rings is 1. The number of hydrogen-bond acceptors (Lipinski definition) is 3. The summed E-state index contributed by atoms with van der Waals surface area (Å²) in [5, 5.41) is 0. The molecule has 0 saturated heterocycles. The molecule has 2 atom stereocenters. The van der Waals surface area contributed by atoms with Gasteiger partial charge < -0.3 is 9.05 Å². The third-order valence-electron chi connectivity index (χ3n) is 3.54. The molecule has 1 aromatic rings. The van der Waals surface area contributed by atoms with Crippen LogP contribution in [0.1, 0.15) is 51.2 Å². The van der Waals surface area contributed by atoms with Crippen molar-refractivity contribution in [2.45, 2.75) is 64.1 Å². The van der Waals surface area contributed by atoms with Crippen molar-refractivity contribution < 1.29 is 26.8 Å². The first-order chi connectivity index (χ1) is 10.5. The molecule has 0 aromatic heterocycles. The van der Waals surface area contributed by atoms with Crippen molar-refractivity contribution in [3.8, 4) is 0 Å². The van der Waals surface area contributed by atoms with E-state index in [4.69, 9.17) is 9.05 Å². The van der Waals surface area contributed by atoms with Crippen molar-refractivity contribution >= 4 is 7.60 Å². The first-order valence-electron chi connectivity index (χ1n) is 7.66. The van der Waals surface area contributed by atoms with E-state index in [2.05, 4.69) is 0 Å². The molecule has 7 heteroatoms. The van der Waals surface area contributed by atoms with Crippen molar-refractivity contribution in [2.75, 3.05) is 0 Å². The zero-order chi connectivity index (χ0) is 17.4. The van der Waals surface area contributed by atoms with E-state index in [9.17, 15) is 17.7 Å². The highest BCUT2D eigenvalue weighted by atomic mass is 31.2. The topological polar surface area (TPSA) is 35.5 Å². The Hall–Kier alpha value is -0.840. The lowest BCUT2D eigenvalue weighted by Crippen LogP contribution is -2.11. The summed E-state index contributed by atoms with van der Waals surface area (Å²) in [5.41, 5.74) is -0.231. The second-order valence-corrected chi connectivity index (χ2v) is 8.54. The third-order valence-corrected chi connectivity index (χ3v) is 6.36. The number of rotatable bonds is 6. The van der Waals surface area contributed by atoms with E-state index in [0.29, 0.717) is 6.42 Å². The SMILES string of the molecule is CC(C)OP(=O)(OC(C)C)[C@@H]1C[C@H]1c1ccc(C(F)(F)F)cc1. The van der Waals surface area contributed by atoms with E-state index < -0.39 is 19.3 Å². The van der Waals surface area contributed by atoms with Gasteiger partial charge in [-0.05, 0) is 57.7 Å². The van der Waals surface area contributed by atoms with Crippen LogP contribution in [-0.2, 0) is 19.8 Å². The van der Waals surface area contributed by atoms with Gasteiger partial charge in [0.1, 0.15) is 0 Å².